The molecule has 0 aliphatic carbocycles. The van der Waals surface area contributed by atoms with Gasteiger partial charge in [0.2, 0.25) is 11.8 Å². The Bertz CT molecular complexity index is 884. The highest BCUT2D eigenvalue weighted by molar-refractivity contribution is 6.30. The van der Waals surface area contributed by atoms with Crippen LogP contribution in [0.3, 0.4) is 0 Å². The average Bonchev–Trinajstić information content (AvgIpc) is 2.68. The van der Waals surface area contributed by atoms with Gasteiger partial charge in [0.15, 0.2) is 11.5 Å². The molecule has 148 valence electrons. The summed E-state index contributed by atoms with van der Waals surface area (Å²) in [5, 5.41) is 7.25. The number of benzene rings is 2. The van der Waals surface area contributed by atoms with E-state index in [2.05, 4.69) is 15.8 Å². The fourth-order valence-corrected chi connectivity index (χ4v) is 2.60. The number of rotatable bonds is 8. The molecule has 0 atom stereocenters. The van der Waals surface area contributed by atoms with Crippen LogP contribution in [-0.4, -0.2) is 32.2 Å². The van der Waals surface area contributed by atoms with E-state index in [0.29, 0.717) is 22.2 Å². The van der Waals surface area contributed by atoms with Crippen LogP contribution in [0.4, 0.5) is 5.69 Å². The molecule has 0 aliphatic heterocycles. The third kappa shape index (κ3) is 6.28. The van der Waals surface area contributed by atoms with Crippen molar-refractivity contribution in [1.82, 2.24) is 5.43 Å². The number of hydrogen-bond donors (Lipinski definition) is 2. The van der Waals surface area contributed by atoms with Crippen LogP contribution in [0.1, 0.15) is 24.0 Å². The zero-order valence-electron chi connectivity index (χ0n) is 15.9. The molecule has 2 N–H and O–H groups in total. The SMILES string of the molecule is COc1ccc(/C=N/NC(=O)CCC(=O)Nc2ccc(Cl)cc2C)cc1OC. The van der Waals surface area contributed by atoms with Crippen LogP contribution < -0.4 is 20.2 Å². The van der Waals surface area contributed by atoms with Gasteiger partial charge in [-0.1, -0.05) is 11.6 Å². The predicted molar refractivity (Wildman–Crippen MR) is 109 cm³/mol. The second kappa shape index (κ2) is 10.3. The van der Waals surface area contributed by atoms with Gasteiger partial charge in [0.05, 0.1) is 20.4 Å². The molecule has 2 aromatic rings. The van der Waals surface area contributed by atoms with E-state index in [9.17, 15) is 9.59 Å². The lowest BCUT2D eigenvalue weighted by Crippen LogP contribution is -2.20. The summed E-state index contributed by atoms with van der Waals surface area (Å²) in [6.45, 7) is 1.84. The minimum absolute atomic E-state index is 0.0156. The number of carbonyl (C=O) groups is 2. The molecular formula is C20H22ClN3O4. The zero-order chi connectivity index (χ0) is 20.5. The second-order valence-electron chi connectivity index (χ2n) is 5.92. The van der Waals surface area contributed by atoms with Crippen LogP contribution in [0.5, 0.6) is 11.5 Å². The van der Waals surface area contributed by atoms with E-state index in [0.717, 1.165) is 11.1 Å². The van der Waals surface area contributed by atoms with Gasteiger partial charge in [-0.3, -0.25) is 9.59 Å². The maximum atomic E-state index is 12.0. The summed E-state index contributed by atoms with van der Waals surface area (Å²) in [5.74, 6) is 0.543. The zero-order valence-corrected chi connectivity index (χ0v) is 16.7. The molecule has 8 heteroatoms. The van der Waals surface area contributed by atoms with Crippen molar-refractivity contribution in [2.75, 3.05) is 19.5 Å². The number of aryl methyl sites for hydroxylation is 1. The van der Waals surface area contributed by atoms with Crippen LogP contribution in [-0.2, 0) is 9.59 Å². The Morgan fingerprint density at radius 2 is 1.75 bits per heavy atom. The molecule has 0 aromatic heterocycles. The normalized spacial score (nSPS) is 10.6. The number of hydrogen-bond acceptors (Lipinski definition) is 5. The number of nitrogens with zero attached hydrogens (tertiary/aromatic N) is 1. The Labute approximate surface area is 168 Å². The quantitative estimate of drug-likeness (QED) is 0.521. The van der Waals surface area contributed by atoms with Gasteiger partial charge in [0, 0.05) is 23.6 Å². The monoisotopic (exact) mass is 403 g/mol. The number of hydrazone groups is 1. The smallest absolute Gasteiger partial charge is 0.240 e. The van der Waals surface area contributed by atoms with E-state index >= 15 is 0 Å². The van der Waals surface area contributed by atoms with Gasteiger partial charge in [-0.2, -0.15) is 5.10 Å². The van der Waals surface area contributed by atoms with Crippen molar-refractivity contribution in [3.63, 3.8) is 0 Å². The van der Waals surface area contributed by atoms with Gasteiger partial charge in [0.1, 0.15) is 0 Å². The maximum absolute atomic E-state index is 12.0. The number of anilines is 1. The van der Waals surface area contributed by atoms with Crippen LogP contribution >= 0.6 is 11.6 Å². The lowest BCUT2D eigenvalue weighted by atomic mass is 10.2. The Morgan fingerprint density at radius 3 is 2.43 bits per heavy atom. The largest absolute Gasteiger partial charge is 0.493 e. The number of nitrogens with one attached hydrogen (secondary N) is 2. The number of carbonyl (C=O) groups excluding carboxylic acids is 2. The van der Waals surface area contributed by atoms with Crippen molar-refractivity contribution in [2.45, 2.75) is 19.8 Å². The van der Waals surface area contributed by atoms with Gasteiger partial charge in [-0.05, 0) is 54.4 Å². The van der Waals surface area contributed by atoms with Crippen LogP contribution in [0.2, 0.25) is 5.02 Å². The fourth-order valence-electron chi connectivity index (χ4n) is 2.37. The Morgan fingerprint density at radius 1 is 1.04 bits per heavy atom. The van der Waals surface area contributed by atoms with E-state index in [-0.39, 0.29) is 24.7 Å². The van der Waals surface area contributed by atoms with Crippen molar-refractivity contribution in [3.8, 4) is 11.5 Å². The molecule has 0 fully saturated rings. The first-order valence-electron chi connectivity index (χ1n) is 8.53. The van der Waals surface area contributed by atoms with Gasteiger partial charge in [-0.15, -0.1) is 0 Å². The summed E-state index contributed by atoms with van der Waals surface area (Å²) in [5.41, 5.74) is 4.65. The highest BCUT2D eigenvalue weighted by atomic mass is 35.5. The van der Waals surface area contributed by atoms with Crippen molar-refractivity contribution >= 4 is 35.3 Å². The topological polar surface area (TPSA) is 89.0 Å². The van der Waals surface area contributed by atoms with Crippen molar-refractivity contribution in [1.29, 1.82) is 0 Å². The summed E-state index contributed by atoms with van der Waals surface area (Å²) in [6, 6.07) is 10.4. The molecule has 0 radical (unpaired) electrons. The third-order valence-electron chi connectivity index (χ3n) is 3.85. The molecule has 0 bridgehead atoms. The number of methoxy groups -OCH3 is 2. The van der Waals surface area contributed by atoms with E-state index in [1.807, 2.05) is 6.92 Å². The van der Waals surface area contributed by atoms with Crippen molar-refractivity contribution in [3.05, 3.63) is 52.5 Å². The van der Waals surface area contributed by atoms with E-state index in [1.54, 1.807) is 43.5 Å². The van der Waals surface area contributed by atoms with Gasteiger partial charge >= 0.3 is 0 Å². The van der Waals surface area contributed by atoms with E-state index in [4.69, 9.17) is 21.1 Å². The molecule has 0 saturated heterocycles. The standard InChI is InChI=1S/C20H22ClN3O4/c1-13-10-15(21)5-6-16(13)23-19(25)8-9-20(26)24-22-12-14-4-7-17(27-2)18(11-14)28-3/h4-7,10-12H,8-9H2,1-3H3,(H,23,25)(H,24,26)/b22-12+. The summed E-state index contributed by atoms with van der Waals surface area (Å²) < 4.78 is 10.4. The average molecular weight is 404 g/mol. The summed E-state index contributed by atoms with van der Waals surface area (Å²) in [7, 11) is 3.09. The highest BCUT2D eigenvalue weighted by Gasteiger charge is 2.08. The van der Waals surface area contributed by atoms with Gasteiger partial charge in [0.25, 0.3) is 0 Å². The molecule has 2 rings (SSSR count). The Hall–Kier alpha value is -3.06. The fraction of sp³-hybridized carbons (Fsp3) is 0.250. The van der Waals surface area contributed by atoms with Gasteiger partial charge in [-0.25, -0.2) is 5.43 Å². The summed E-state index contributed by atoms with van der Waals surface area (Å²) >= 11 is 5.89. The number of amides is 2. The predicted octanol–water partition coefficient (Wildman–Crippen LogP) is 3.53. The number of ether oxygens (including phenoxy) is 2. The molecular weight excluding hydrogens is 382 g/mol. The molecule has 0 aliphatic rings. The lowest BCUT2D eigenvalue weighted by molar-refractivity contribution is -0.124. The van der Waals surface area contributed by atoms with Crippen LogP contribution in [0, 0.1) is 6.92 Å². The molecule has 2 aromatic carbocycles. The highest BCUT2D eigenvalue weighted by Crippen LogP contribution is 2.26. The lowest BCUT2D eigenvalue weighted by Gasteiger charge is -2.08. The molecule has 28 heavy (non-hydrogen) atoms. The number of halogens is 1. The Kier molecular flexibility index (Phi) is 7.83. The van der Waals surface area contributed by atoms with E-state index < -0.39 is 0 Å². The maximum Gasteiger partial charge on any atom is 0.240 e. The third-order valence-corrected chi connectivity index (χ3v) is 4.09. The molecule has 2 amide bonds. The van der Waals surface area contributed by atoms with Crippen LogP contribution in [0.25, 0.3) is 0 Å². The first-order valence-corrected chi connectivity index (χ1v) is 8.90. The summed E-state index contributed by atoms with van der Waals surface area (Å²) in [4.78, 5) is 23.9. The molecule has 0 saturated carbocycles. The molecule has 0 heterocycles. The second-order valence-corrected chi connectivity index (χ2v) is 6.35. The first-order chi connectivity index (χ1) is 13.4. The summed E-state index contributed by atoms with van der Waals surface area (Å²) in [6.07, 6.45) is 1.54. The van der Waals surface area contributed by atoms with Crippen LogP contribution in [0.15, 0.2) is 41.5 Å². The minimum Gasteiger partial charge on any atom is -0.493 e. The van der Waals surface area contributed by atoms with Crippen molar-refractivity contribution < 1.29 is 19.1 Å². The Balaban J connectivity index is 1.80. The minimum atomic E-state index is -0.361. The van der Waals surface area contributed by atoms with E-state index in [1.165, 1.54) is 13.3 Å². The molecule has 0 spiro atoms. The van der Waals surface area contributed by atoms with Crippen molar-refractivity contribution in [2.24, 2.45) is 5.10 Å². The molecule has 0 unspecified atom stereocenters. The van der Waals surface area contributed by atoms with Gasteiger partial charge < -0.3 is 14.8 Å². The molecule has 7 nitrogen and oxygen atoms in total. The first kappa shape index (κ1) is 21.2.